The zero-order valence-corrected chi connectivity index (χ0v) is 15.3. The third-order valence-electron chi connectivity index (χ3n) is 5.20. The Morgan fingerprint density at radius 3 is 2.60 bits per heavy atom. The number of halogens is 1. The van der Waals surface area contributed by atoms with Crippen molar-refractivity contribution in [3.05, 3.63) is 29.6 Å². The maximum Gasteiger partial charge on any atom is 0.241 e. The van der Waals surface area contributed by atoms with E-state index >= 15 is 0 Å². The van der Waals surface area contributed by atoms with Crippen molar-refractivity contribution < 1.29 is 17.6 Å². The van der Waals surface area contributed by atoms with Crippen LogP contribution in [-0.4, -0.2) is 38.4 Å². The molecule has 2 aliphatic rings. The average molecular weight is 368 g/mol. The normalized spacial score (nSPS) is 22.3. The molecule has 1 atom stereocenters. The molecular formula is C18H25FN2O3S. The Balaban J connectivity index is 1.63. The zero-order chi connectivity index (χ0) is 18.0. The third kappa shape index (κ3) is 4.20. The van der Waals surface area contributed by atoms with Gasteiger partial charge in [0.2, 0.25) is 15.9 Å². The monoisotopic (exact) mass is 368 g/mol. The standard InChI is InChI=1S/C18H25FN2O3S/c1-13-11-15(19)7-8-17(13)25(23,24)20-16-9-10-21(12-16)18(22)14-5-3-2-4-6-14/h7-8,11,14,16,20H,2-6,9-10,12H2,1H3. The number of carbonyl (C=O) groups excluding carboxylic acids is 1. The van der Waals surface area contributed by atoms with Crippen molar-refractivity contribution in [2.75, 3.05) is 13.1 Å². The second-order valence-corrected chi connectivity index (χ2v) is 8.82. The molecule has 1 N–H and O–H groups in total. The summed E-state index contributed by atoms with van der Waals surface area (Å²) in [5.74, 6) is -0.190. The topological polar surface area (TPSA) is 66.5 Å². The number of likely N-dealkylation sites (tertiary alicyclic amines) is 1. The quantitative estimate of drug-likeness (QED) is 0.888. The van der Waals surface area contributed by atoms with E-state index in [4.69, 9.17) is 0 Å². The number of benzene rings is 1. The van der Waals surface area contributed by atoms with Crippen LogP contribution in [0, 0.1) is 18.7 Å². The van der Waals surface area contributed by atoms with Crippen molar-refractivity contribution in [1.29, 1.82) is 0 Å². The molecule has 1 aliphatic carbocycles. The van der Waals surface area contributed by atoms with Gasteiger partial charge in [0.15, 0.2) is 0 Å². The van der Waals surface area contributed by atoms with Crippen LogP contribution in [0.4, 0.5) is 4.39 Å². The van der Waals surface area contributed by atoms with E-state index in [1.807, 2.05) is 0 Å². The molecule has 0 radical (unpaired) electrons. The van der Waals surface area contributed by atoms with Gasteiger partial charge in [-0.3, -0.25) is 4.79 Å². The number of aryl methyl sites for hydroxylation is 1. The molecule has 1 unspecified atom stereocenters. The highest BCUT2D eigenvalue weighted by Crippen LogP contribution is 2.27. The van der Waals surface area contributed by atoms with Crippen LogP contribution in [0.1, 0.15) is 44.1 Å². The minimum absolute atomic E-state index is 0.0888. The van der Waals surface area contributed by atoms with Gasteiger partial charge in [-0.05, 0) is 49.9 Å². The number of sulfonamides is 1. The van der Waals surface area contributed by atoms with Gasteiger partial charge in [-0.2, -0.15) is 0 Å². The molecule has 1 heterocycles. The Hall–Kier alpha value is -1.47. The lowest BCUT2D eigenvalue weighted by Crippen LogP contribution is -2.40. The molecule has 1 saturated carbocycles. The summed E-state index contributed by atoms with van der Waals surface area (Å²) in [6.45, 7) is 2.57. The van der Waals surface area contributed by atoms with Gasteiger partial charge in [0.1, 0.15) is 5.82 Å². The van der Waals surface area contributed by atoms with E-state index in [2.05, 4.69) is 4.72 Å². The molecule has 1 saturated heterocycles. The lowest BCUT2D eigenvalue weighted by atomic mass is 9.88. The Labute approximate surface area is 148 Å². The van der Waals surface area contributed by atoms with E-state index in [0.29, 0.717) is 25.1 Å². The molecule has 138 valence electrons. The molecule has 0 bridgehead atoms. The Bertz CT molecular complexity index is 745. The van der Waals surface area contributed by atoms with Crippen LogP contribution in [0.5, 0.6) is 0 Å². The summed E-state index contributed by atoms with van der Waals surface area (Å²) in [6.07, 6.45) is 5.90. The molecule has 3 rings (SSSR count). The number of carbonyl (C=O) groups is 1. The molecule has 1 aliphatic heterocycles. The maximum absolute atomic E-state index is 13.2. The number of hydrogen-bond acceptors (Lipinski definition) is 3. The largest absolute Gasteiger partial charge is 0.341 e. The summed E-state index contributed by atoms with van der Waals surface area (Å²) < 4.78 is 41.0. The summed E-state index contributed by atoms with van der Waals surface area (Å²) >= 11 is 0. The third-order valence-corrected chi connectivity index (χ3v) is 6.88. The second-order valence-electron chi connectivity index (χ2n) is 7.14. The van der Waals surface area contributed by atoms with E-state index in [-0.39, 0.29) is 22.8 Å². The molecular weight excluding hydrogens is 343 g/mol. The molecule has 1 aromatic rings. The second kappa shape index (κ2) is 7.41. The number of nitrogens with one attached hydrogen (secondary N) is 1. The van der Waals surface area contributed by atoms with Gasteiger partial charge in [0, 0.05) is 25.0 Å². The van der Waals surface area contributed by atoms with E-state index in [0.717, 1.165) is 31.7 Å². The number of rotatable bonds is 4. The Morgan fingerprint density at radius 2 is 1.92 bits per heavy atom. The minimum Gasteiger partial charge on any atom is -0.341 e. The molecule has 1 aromatic carbocycles. The fourth-order valence-corrected chi connectivity index (χ4v) is 5.35. The Kier molecular flexibility index (Phi) is 5.43. The van der Waals surface area contributed by atoms with Crippen molar-refractivity contribution >= 4 is 15.9 Å². The molecule has 7 heteroatoms. The molecule has 2 fully saturated rings. The van der Waals surface area contributed by atoms with Gasteiger partial charge < -0.3 is 4.90 Å². The summed E-state index contributed by atoms with van der Waals surface area (Å²) in [4.78, 5) is 14.5. The minimum atomic E-state index is -3.72. The van der Waals surface area contributed by atoms with Crippen LogP contribution in [0.3, 0.4) is 0 Å². The van der Waals surface area contributed by atoms with Crippen LogP contribution in [0.2, 0.25) is 0 Å². The fraction of sp³-hybridized carbons (Fsp3) is 0.611. The van der Waals surface area contributed by atoms with E-state index in [1.54, 1.807) is 11.8 Å². The molecule has 25 heavy (non-hydrogen) atoms. The first-order valence-electron chi connectivity index (χ1n) is 8.94. The zero-order valence-electron chi connectivity index (χ0n) is 14.5. The van der Waals surface area contributed by atoms with Crippen molar-refractivity contribution in [2.45, 2.75) is 56.4 Å². The van der Waals surface area contributed by atoms with Gasteiger partial charge in [0.05, 0.1) is 4.90 Å². The SMILES string of the molecule is Cc1cc(F)ccc1S(=O)(=O)NC1CCN(C(=O)C2CCCCC2)C1. The van der Waals surface area contributed by atoms with Crippen molar-refractivity contribution in [1.82, 2.24) is 9.62 Å². The molecule has 0 spiro atoms. The first kappa shape index (κ1) is 18.3. The van der Waals surface area contributed by atoms with E-state index in [1.165, 1.54) is 18.6 Å². The molecule has 1 amide bonds. The van der Waals surface area contributed by atoms with Gasteiger partial charge in [-0.15, -0.1) is 0 Å². The van der Waals surface area contributed by atoms with Gasteiger partial charge in [-0.1, -0.05) is 19.3 Å². The Morgan fingerprint density at radius 1 is 1.20 bits per heavy atom. The maximum atomic E-state index is 13.2. The fourth-order valence-electron chi connectivity index (χ4n) is 3.86. The van der Waals surface area contributed by atoms with Crippen LogP contribution in [0.25, 0.3) is 0 Å². The predicted octanol–water partition coefficient (Wildman–Crippen LogP) is 2.59. The number of nitrogens with zero attached hydrogens (tertiary/aromatic N) is 1. The summed E-state index contributed by atoms with van der Waals surface area (Å²) in [7, 11) is -3.72. The van der Waals surface area contributed by atoms with Gasteiger partial charge in [-0.25, -0.2) is 17.5 Å². The smallest absolute Gasteiger partial charge is 0.241 e. The molecule has 5 nitrogen and oxygen atoms in total. The summed E-state index contributed by atoms with van der Waals surface area (Å²) in [5, 5.41) is 0. The van der Waals surface area contributed by atoms with Gasteiger partial charge in [0.25, 0.3) is 0 Å². The van der Waals surface area contributed by atoms with E-state index in [9.17, 15) is 17.6 Å². The predicted molar refractivity (Wildman–Crippen MR) is 93.0 cm³/mol. The highest BCUT2D eigenvalue weighted by Gasteiger charge is 2.33. The summed E-state index contributed by atoms with van der Waals surface area (Å²) in [5.41, 5.74) is 0.376. The van der Waals surface area contributed by atoms with Crippen LogP contribution in [0.15, 0.2) is 23.1 Å². The van der Waals surface area contributed by atoms with E-state index < -0.39 is 15.8 Å². The molecule has 0 aromatic heterocycles. The first-order valence-corrected chi connectivity index (χ1v) is 10.4. The van der Waals surface area contributed by atoms with Crippen LogP contribution >= 0.6 is 0 Å². The lowest BCUT2D eigenvalue weighted by molar-refractivity contribution is -0.135. The lowest BCUT2D eigenvalue weighted by Gasteiger charge is -2.26. The van der Waals surface area contributed by atoms with Crippen LogP contribution in [-0.2, 0) is 14.8 Å². The highest BCUT2D eigenvalue weighted by atomic mass is 32.2. The number of hydrogen-bond donors (Lipinski definition) is 1. The highest BCUT2D eigenvalue weighted by molar-refractivity contribution is 7.89. The summed E-state index contributed by atoms with van der Waals surface area (Å²) in [6, 6.07) is 3.35. The van der Waals surface area contributed by atoms with Crippen molar-refractivity contribution in [3.8, 4) is 0 Å². The van der Waals surface area contributed by atoms with Gasteiger partial charge >= 0.3 is 0 Å². The number of amides is 1. The average Bonchev–Trinajstić information content (AvgIpc) is 3.02. The van der Waals surface area contributed by atoms with Crippen LogP contribution < -0.4 is 4.72 Å². The van der Waals surface area contributed by atoms with Crippen molar-refractivity contribution in [2.24, 2.45) is 5.92 Å². The van der Waals surface area contributed by atoms with Crippen molar-refractivity contribution in [3.63, 3.8) is 0 Å². The first-order chi connectivity index (χ1) is 11.9.